The molecule has 2 aromatic rings. The number of thiazole rings is 1. The third-order valence-electron chi connectivity index (χ3n) is 4.61. The average Bonchev–Trinajstić information content (AvgIpc) is 3.03. The minimum atomic E-state index is -0.279. The summed E-state index contributed by atoms with van der Waals surface area (Å²) >= 11 is 1.64. The molecule has 0 radical (unpaired) electrons. The molecule has 1 spiro atoms. The molecule has 0 aromatic carbocycles. The molecule has 0 bridgehead atoms. The number of amides is 1. The predicted octanol–water partition coefficient (Wildman–Crippen LogP) is 1.83. The van der Waals surface area contributed by atoms with E-state index >= 15 is 0 Å². The third-order valence-corrected chi connectivity index (χ3v) is 5.43. The standard InChI is InChI=1S/C17H20N4O3S/c1-12-20-13(9-25-12)8-23-14-2-5-24-17(6-14)10-21(11-17)16(22)15-7-18-3-4-19-15/h3-4,7,9,14H,2,5-6,8,10-11H2,1H3. The maximum absolute atomic E-state index is 12.4. The molecule has 4 heterocycles. The van der Waals surface area contributed by atoms with Crippen LogP contribution >= 0.6 is 11.3 Å². The van der Waals surface area contributed by atoms with E-state index in [1.165, 1.54) is 12.4 Å². The summed E-state index contributed by atoms with van der Waals surface area (Å²) in [7, 11) is 0. The van der Waals surface area contributed by atoms with Gasteiger partial charge in [-0.25, -0.2) is 9.97 Å². The Kier molecular flexibility index (Phi) is 4.49. The second kappa shape index (κ2) is 6.78. The van der Waals surface area contributed by atoms with Crippen molar-refractivity contribution in [3.05, 3.63) is 40.4 Å². The summed E-state index contributed by atoms with van der Waals surface area (Å²) in [6.45, 7) is 4.35. The molecule has 0 aliphatic carbocycles. The lowest BCUT2D eigenvalue weighted by atomic mass is 9.84. The van der Waals surface area contributed by atoms with Crippen molar-refractivity contribution >= 4 is 17.2 Å². The van der Waals surface area contributed by atoms with Crippen LogP contribution < -0.4 is 0 Å². The Balaban J connectivity index is 1.31. The zero-order chi connectivity index (χ0) is 17.3. The van der Waals surface area contributed by atoms with E-state index in [1.807, 2.05) is 12.3 Å². The first kappa shape index (κ1) is 16.6. The van der Waals surface area contributed by atoms with Gasteiger partial charge in [-0.1, -0.05) is 0 Å². The number of carbonyl (C=O) groups is 1. The Bertz CT molecular complexity index is 745. The van der Waals surface area contributed by atoms with E-state index in [1.54, 1.807) is 22.4 Å². The number of hydrogen-bond donors (Lipinski definition) is 0. The maximum Gasteiger partial charge on any atom is 0.274 e. The minimum absolute atomic E-state index is 0.0942. The van der Waals surface area contributed by atoms with Crippen LogP contribution in [0.2, 0.25) is 0 Å². The molecule has 132 valence electrons. The molecule has 25 heavy (non-hydrogen) atoms. The zero-order valence-electron chi connectivity index (χ0n) is 14.1. The van der Waals surface area contributed by atoms with E-state index in [4.69, 9.17) is 9.47 Å². The minimum Gasteiger partial charge on any atom is -0.372 e. The van der Waals surface area contributed by atoms with E-state index in [-0.39, 0.29) is 17.6 Å². The van der Waals surface area contributed by atoms with Crippen molar-refractivity contribution < 1.29 is 14.3 Å². The summed E-state index contributed by atoms with van der Waals surface area (Å²) in [4.78, 5) is 26.6. The quantitative estimate of drug-likeness (QED) is 0.828. The molecule has 2 aromatic heterocycles. The summed E-state index contributed by atoms with van der Waals surface area (Å²) in [5.74, 6) is -0.0942. The van der Waals surface area contributed by atoms with Gasteiger partial charge in [0.25, 0.3) is 5.91 Å². The zero-order valence-corrected chi connectivity index (χ0v) is 14.9. The van der Waals surface area contributed by atoms with Gasteiger partial charge in [-0.2, -0.15) is 0 Å². The Labute approximate surface area is 150 Å². The van der Waals surface area contributed by atoms with Crippen LogP contribution in [0.5, 0.6) is 0 Å². The molecule has 4 rings (SSSR count). The van der Waals surface area contributed by atoms with E-state index in [9.17, 15) is 4.79 Å². The molecule has 1 atom stereocenters. The molecule has 7 nitrogen and oxygen atoms in total. The van der Waals surface area contributed by atoms with Crippen LogP contribution in [0, 0.1) is 6.92 Å². The van der Waals surface area contributed by atoms with Gasteiger partial charge in [0.05, 0.1) is 42.7 Å². The highest BCUT2D eigenvalue weighted by Gasteiger charge is 2.49. The summed E-state index contributed by atoms with van der Waals surface area (Å²) in [5, 5.41) is 3.09. The van der Waals surface area contributed by atoms with Crippen LogP contribution in [-0.4, -0.2) is 57.2 Å². The first-order chi connectivity index (χ1) is 12.1. The van der Waals surface area contributed by atoms with Crippen molar-refractivity contribution in [1.82, 2.24) is 19.9 Å². The topological polar surface area (TPSA) is 77.4 Å². The van der Waals surface area contributed by atoms with E-state index in [0.29, 0.717) is 32.0 Å². The summed E-state index contributed by atoms with van der Waals surface area (Å²) in [5.41, 5.74) is 1.08. The van der Waals surface area contributed by atoms with Gasteiger partial charge in [0.15, 0.2) is 0 Å². The molecule has 2 aliphatic rings. The summed E-state index contributed by atoms with van der Waals surface area (Å²) < 4.78 is 12.0. The number of likely N-dealkylation sites (tertiary alicyclic amines) is 1. The number of carbonyl (C=O) groups excluding carboxylic acids is 1. The molecule has 0 N–H and O–H groups in total. The van der Waals surface area contributed by atoms with Gasteiger partial charge in [0, 0.05) is 30.8 Å². The highest BCUT2D eigenvalue weighted by atomic mass is 32.1. The van der Waals surface area contributed by atoms with Crippen molar-refractivity contribution in [1.29, 1.82) is 0 Å². The highest BCUT2D eigenvalue weighted by molar-refractivity contribution is 7.09. The predicted molar refractivity (Wildman–Crippen MR) is 91.3 cm³/mol. The Hall–Kier alpha value is -1.90. The second-order valence-corrected chi connectivity index (χ2v) is 7.63. The van der Waals surface area contributed by atoms with Crippen molar-refractivity contribution in [2.24, 2.45) is 0 Å². The Morgan fingerprint density at radius 2 is 2.36 bits per heavy atom. The molecule has 2 fully saturated rings. The average molecular weight is 360 g/mol. The van der Waals surface area contributed by atoms with Crippen LogP contribution in [0.3, 0.4) is 0 Å². The normalized spacial score (nSPS) is 22.0. The van der Waals surface area contributed by atoms with Crippen LogP contribution in [0.15, 0.2) is 24.0 Å². The van der Waals surface area contributed by atoms with Gasteiger partial charge >= 0.3 is 0 Å². The van der Waals surface area contributed by atoms with Crippen LogP contribution in [-0.2, 0) is 16.1 Å². The first-order valence-electron chi connectivity index (χ1n) is 8.35. The van der Waals surface area contributed by atoms with Gasteiger partial charge in [0.2, 0.25) is 0 Å². The molecule has 0 saturated carbocycles. The van der Waals surface area contributed by atoms with E-state index in [2.05, 4.69) is 15.0 Å². The van der Waals surface area contributed by atoms with Gasteiger partial charge < -0.3 is 14.4 Å². The lowest BCUT2D eigenvalue weighted by Crippen LogP contribution is -2.67. The smallest absolute Gasteiger partial charge is 0.274 e. The molecular weight excluding hydrogens is 340 g/mol. The van der Waals surface area contributed by atoms with Crippen LogP contribution in [0.25, 0.3) is 0 Å². The maximum atomic E-state index is 12.4. The van der Waals surface area contributed by atoms with E-state index < -0.39 is 0 Å². The third kappa shape index (κ3) is 3.56. The number of aromatic nitrogens is 3. The van der Waals surface area contributed by atoms with Crippen molar-refractivity contribution in [2.45, 2.75) is 38.1 Å². The Morgan fingerprint density at radius 1 is 1.48 bits per heavy atom. The van der Waals surface area contributed by atoms with E-state index in [0.717, 1.165) is 23.5 Å². The summed E-state index contributed by atoms with van der Waals surface area (Å²) in [6, 6.07) is 0. The van der Waals surface area contributed by atoms with Crippen molar-refractivity contribution in [3.8, 4) is 0 Å². The Morgan fingerprint density at radius 3 is 3.08 bits per heavy atom. The lowest BCUT2D eigenvalue weighted by Gasteiger charge is -2.52. The van der Waals surface area contributed by atoms with Gasteiger partial charge in [-0.3, -0.25) is 9.78 Å². The largest absolute Gasteiger partial charge is 0.372 e. The fourth-order valence-corrected chi connectivity index (χ4v) is 3.98. The van der Waals surface area contributed by atoms with Crippen molar-refractivity contribution in [2.75, 3.05) is 19.7 Å². The summed E-state index contributed by atoms with van der Waals surface area (Å²) in [6.07, 6.45) is 6.42. The number of ether oxygens (including phenoxy) is 2. The lowest BCUT2D eigenvalue weighted by molar-refractivity contribution is -0.188. The van der Waals surface area contributed by atoms with Gasteiger partial charge in [0.1, 0.15) is 11.3 Å². The van der Waals surface area contributed by atoms with Gasteiger partial charge in [-0.05, 0) is 13.3 Å². The molecule has 2 aliphatic heterocycles. The number of nitrogens with zero attached hydrogens (tertiary/aromatic N) is 4. The fraction of sp³-hybridized carbons (Fsp3) is 0.529. The number of hydrogen-bond acceptors (Lipinski definition) is 7. The second-order valence-electron chi connectivity index (χ2n) is 6.57. The van der Waals surface area contributed by atoms with Gasteiger partial charge in [-0.15, -0.1) is 11.3 Å². The molecule has 1 unspecified atom stereocenters. The monoisotopic (exact) mass is 360 g/mol. The molecule has 1 amide bonds. The SMILES string of the molecule is Cc1nc(COC2CCOC3(C2)CN(C(=O)c2cnccn2)C3)cs1. The highest BCUT2D eigenvalue weighted by Crippen LogP contribution is 2.36. The fourth-order valence-electron chi connectivity index (χ4n) is 3.39. The van der Waals surface area contributed by atoms with Crippen LogP contribution in [0.4, 0.5) is 0 Å². The number of rotatable bonds is 4. The molecular formula is C17H20N4O3S. The number of aryl methyl sites for hydroxylation is 1. The molecule has 8 heteroatoms. The molecule has 2 saturated heterocycles. The van der Waals surface area contributed by atoms with Crippen molar-refractivity contribution in [3.63, 3.8) is 0 Å². The van der Waals surface area contributed by atoms with Crippen LogP contribution in [0.1, 0.15) is 34.0 Å². The first-order valence-corrected chi connectivity index (χ1v) is 9.23.